The Balaban J connectivity index is 1.63. The molecule has 1 saturated heterocycles. The van der Waals surface area contributed by atoms with Gasteiger partial charge in [0.2, 0.25) is 0 Å². The summed E-state index contributed by atoms with van der Waals surface area (Å²) in [6.07, 6.45) is 1.44. The van der Waals surface area contributed by atoms with Gasteiger partial charge in [-0.15, -0.1) is 0 Å². The molecule has 29 heavy (non-hydrogen) atoms. The summed E-state index contributed by atoms with van der Waals surface area (Å²) < 4.78 is 5.78. The van der Waals surface area contributed by atoms with Crippen LogP contribution >= 0.6 is 24.0 Å². The van der Waals surface area contributed by atoms with E-state index < -0.39 is 11.8 Å². The van der Waals surface area contributed by atoms with Crippen LogP contribution in [0.15, 0.2) is 86.7 Å². The van der Waals surface area contributed by atoms with Crippen molar-refractivity contribution in [3.05, 3.63) is 83.6 Å². The Kier molecular flexibility index (Phi) is 5.33. The molecule has 0 bridgehead atoms. The van der Waals surface area contributed by atoms with Gasteiger partial charge in [0.1, 0.15) is 11.3 Å². The van der Waals surface area contributed by atoms with Gasteiger partial charge in [-0.2, -0.15) is 0 Å². The average molecular weight is 421 g/mol. The number of furan rings is 1. The van der Waals surface area contributed by atoms with Crippen LogP contribution in [0.2, 0.25) is 0 Å². The summed E-state index contributed by atoms with van der Waals surface area (Å²) in [7, 11) is 0. The maximum Gasteiger partial charge on any atom is 0.270 e. The minimum absolute atomic E-state index is 0.0348. The molecule has 1 N–H and O–H groups in total. The van der Waals surface area contributed by atoms with Crippen LogP contribution < -0.4 is 10.2 Å². The molecule has 7 heteroatoms. The number of carbonyl (C=O) groups is 2. The van der Waals surface area contributed by atoms with Crippen LogP contribution in [0.5, 0.6) is 0 Å². The number of amides is 2. The fourth-order valence-corrected chi connectivity index (χ4v) is 3.98. The molecule has 0 aliphatic carbocycles. The molecule has 1 aromatic heterocycles. The van der Waals surface area contributed by atoms with Gasteiger partial charge in [-0.1, -0.05) is 48.2 Å². The smallest absolute Gasteiger partial charge is 0.270 e. The second kappa shape index (κ2) is 8.06. The van der Waals surface area contributed by atoms with E-state index >= 15 is 0 Å². The summed E-state index contributed by atoms with van der Waals surface area (Å²) >= 11 is 6.70. The molecule has 0 unspecified atom stereocenters. The first-order valence-electron chi connectivity index (χ1n) is 8.83. The number of aryl methyl sites for hydroxylation is 1. The van der Waals surface area contributed by atoms with Gasteiger partial charge in [0, 0.05) is 4.90 Å². The molecule has 3 aromatic rings. The van der Waals surface area contributed by atoms with Gasteiger partial charge in [-0.05, 0) is 61.1 Å². The summed E-state index contributed by atoms with van der Waals surface area (Å²) in [5.41, 5.74) is 1.47. The van der Waals surface area contributed by atoms with Crippen LogP contribution in [0, 0.1) is 6.92 Å². The van der Waals surface area contributed by atoms with Crippen molar-refractivity contribution < 1.29 is 14.0 Å². The third-order valence-electron chi connectivity index (χ3n) is 4.31. The minimum atomic E-state index is -0.543. The molecule has 144 valence electrons. The fourth-order valence-electron chi connectivity index (χ4n) is 2.90. The van der Waals surface area contributed by atoms with Crippen molar-refractivity contribution in [2.45, 2.75) is 16.9 Å². The number of hydrogen-bond acceptors (Lipinski definition) is 5. The Bertz CT molecular complexity index is 1140. The van der Waals surface area contributed by atoms with Crippen molar-refractivity contribution in [3.63, 3.8) is 0 Å². The first-order valence-corrected chi connectivity index (χ1v) is 10.1. The van der Waals surface area contributed by atoms with E-state index in [1.54, 1.807) is 18.2 Å². The summed E-state index contributed by atoms with van der Waals surface area (Å²) in [6, 6.07) is 20.7. The van der Waals surface area contributed by atoms with Gasteiger partial charge >= 0.3 is 0 Å². The summed E-state index contributed by atoms with van der Waals surface area (Å²) in [5, 5.41) is 3.31. The van der Waals surface area contributed by atoms with Crippen molar-refractivity contribution in [2.75, 3.05) is 4.90 Å². The molecular formula is C22H16N2O3S2. The minimum Gasteiger partial charge on any atom is -0.450 e. The van der Waals surface area contributed by atoms with E-state index in [0.29, 0.717) is 16.5 Å². The lowest BCUT2D eigenvalue weighted by atomic mass is 10.1. The van der Waals surface area contributed by atoms with E-state index in [-0.39, 0.29) is 10.7 Å². The molecule has 2 amide bonds. The lowest BCUT2D eigenvalue weighted by molar-refractivity contribution is -0.122. The number of rotatable bonds is 4. The Morgan fingerprint density at radius 1 is 1.00 bits per heavy atom. The molecule has 0 saturated carbocycles. The SMILES string of the molecule is Cc1ccccc1N1C(=O)/C(=C/c2ccc(Sc3ccccc3)o2)C(=O)NC1=S. The number of carbonyl (C=O) groups excluding carboxylic acids is 2. The molecule has 4 rings (SSSR count). The van der Waals surface area contributed by atoms with Crippen LogP contribution in [-0.4, -0.2) is 16.9 Å². The van der Waals surface area contributed by atoms with Gasteiger partial charge in [0.25, 0.3) is 11.8 Å². The summed E-state index contributed by atoms with van der Waals surface area (Å²) in [5.74, 6) is -0.611. The highest BCUT2D eigenvalue weighted by Gasteiger charge is 2.35. The quantitative estimate of drug-likeness (QED) is 0.381. The highest BCUT2D eigenvalue weighted by Crippen LogP contribution is 2.30. The molecule has 1 aliphatic heterocycles. The molecule has 0 spiro atoms. The number of hydrogen-bond donors (Lipinski definition) is 1. The third-order valence-corrected chi connectivity index (χ3v) is 5.52. The number of nitrogens with zero attached hydrogens (tertiary/aromatic N) is 1. The topological polar surface area (TPSA) is 62.6 Å². The second-order valence-corrected chi connectivity index (χ2v) is 7.78. The highest BCUT2D eigenvalue weighted by atomic mass is 32.2. The predicted molar refractivity (Wildman–Crippen MR) is 117 cm³/mol. The molecule has 0 radical (unpaired) electrons. The largest absolute Gasteiger partial charge is 0.450 e. The van der Waals surface area contributed by atoms with E-state index in [1.165, 1.54) is 22.7 Å². The zero-order valence-corrected chi connectivity index (χ0v) is 17.0. The molecule has 2 heterocycles. The molecule has 5 nitrogen and oxygen atoms in total. The Labute approximate surface area is 177 Å². The standard InChI is InChI=1S/C22H16N2O3S2/c1-14-7-5-6-10-18(14)24-21(26)17(20(25)23-22(24)28)13-15-11-12-19(27-15)29-16-8-3-2-4-9-16/h2-13H,1H3,(H,23,25,28)/b17-13+. The van der Waals surface area contributed by atoms with Gasteiger partial charge in [-0.3, -0.25) is 19.8 Å². The monoisotopic (exact) mass is 420 g/mol. The zero-order valence-electron chi connectivity index (χ0n) is 15.4. The van der Waals surface area contributed by atoms with Crippen molar-refractivity contribution in [1.29, 1.82) is 0 Å². The lowest BCUT2D eigenvalue weighted by Gasteiger charge is -2.29. The Morgan fingerprint density at radius 2 is 1.72 bits per heavy atom. The maximum atomic E-state index is 13.1. The molecule has 1 aliphatic rings. The molecule has 1 fully saturated rings. The van der Waals surface area contributed by atoms with Gasteiger partial charge in [0.05, 0.1) is 5.69 Å². The van der Waals surface area contributed by atoms with Crippen molar-refractivity contribution in [3.8, 4) is 0 Å². The van der Waals surface area contributed by atoms with Gasteiger partial charge in [0.15, 0.2) is 10.2 Å². The lowest BCUT2D eigenvalue weighted by Crippen LogP contribution is -2.54. The van der Waals surface area contributed by atoms with Crippen LogP contribution in [0.25, 0.3) is 6.08 Å². The number of benzene rings is 2. The van der Waals surface area contributed by atoms with Crippen LogP contribution in [0.1, 0.15) is 11.3 Å². The van der Waals surface area contributed by atoms with Crippen molar-refractivity contribution in [2.24, 2.45) is 0 Å². The summed E-state index contributed by atoms with van der Waals surface area (Å²) in [6.45, 7) is 1.88. The van der Waals surface area contributed by atoms with Crippen LogP contribution in [-0.2, 0) is 9.59 Å². The van der Waals surface area contributed by atoms with Crippen LogP contribution in [0.3, 0.4) is 0 Å². The number of anilines is 1. The van der Waals surface area contributed by atoms with Crippen molar-refractivity contribution >= 4 is 52.7 Å². The van der Waals surface area contributed by atoms with E-state index in [9.17, 15) is 9.59 Å². The second-order valence-electron chi connectivity index (χ2n) is 6.32. The first-order chi connectivity index (χ1) is 14.0. The molecule has 0 atom stereocenters. The van der Waals surface area contributed by atoms with Crippen molar-refractivity contribution in [1.82, 2.24) is 5.32 Å². The Hall–Kier alpha value is -3.16. The van der Waals surface area contributed by atoms with E-state index in [2.05, 4.69) is 5.32 Å². The molecule has 2 aromatic carbocycles. The number of thiocarbonyl (C=S) groups is 1. The Morgan fingerprint density at radius 3 is 2.48 bits per heavy atom. The average Bonchev–Trinajstić information content (AvgIpc) is 3.14. The zero-order chi connectivity index (χ0) is 20.4. The maximum absolute atomic E-state index is 13.1. The normalized spacial score (nSPS) is 15.7. The number of nitrogens with one attached hydrogen (secondary N) is 1. The third kappa shape index (κ3) is 4.01. The van der Waals surface area contributed by atoms with E-state index in [0.717, 1.165) is 10.5 Å². The molecular weight excluding hydrogens is 404 g/mol. The van der Waals surface area contributed by atoms with Crippen LogP contribution in [0.4, 0.5) is 5.69 Å². The summed E-state index contributed by atoms with van der Waals surface area (Å²) in [4.78, 5) is 27.8. The van der Waals surface area contributed by atoms with E-state index in [1.807, 2.05) is 55.5 Å². The predicted octanol–water partition coefficient (Wildman–Crippen LogP) is 4.57. The van der Waals surface area contributed by atoms with Gasteiger partial charge in [-0.25, -0.2) is 0 Å². The highest BCUT2D eigenvalue weighted by molar-refractivity contribution is 7.99. The van der Waals surface area contributed by atoms with Gasteiger partial charge < -0.3 is 4.42 Å². The fraction of sp³-hybridized carbons (Fsp3) is 0.0455. The first kappa shape index (κ1) is 19.2. The van der Waals surface area contributed by atoms with E-state index in [4.69, 9.17) is 16.6 Å². The number of para-hydroxylation sites is 1.